The molecule has 1 heterocycles. The smallest absolute Gasteiger partial charge is 0.0374 e. The van der Waals surface area contributed by atoms with E-state index in [0.717, 1.165) is 19.0 Å². The third-order valence-corrected chi connectivity index (χ3v) is 4.00. The summed E-state index contributed by atoms with van der Waals surface area (Å²) in [7, 11) is 0. The Morgan fingerprint density at radius 1 is 1.33 bits per heavy atom. The first-order valence-corrected chi connectivity index (χ1v) is 7.36. The molecule has 1 N–H and O–H groups in total. The number of hydrogen-bond acceptors (Lipinski definition) is 2. The van der Waals surface area contributed by atoms with Gasteiger partial charge in [-0.3, -0.25) is 0 Å². The van der Waals surface area contributed by atoms with Crippen LogP contribution in [0.2, 0.25) is 0 Å². The Hall–Kier alpha value is -1.18. The molecule has 18 heavy (non-hydrogen) atoms. The van der Waals surface area contributed by atoms with Crippen molar-refractivity contribution in [2.45, 2.75) is 40.0 Å². The zero-order valence-corrected chi connectivity index (χ0v) is 12.0. The highest BCUT2D eigenvalue weighted by Gasteiger charge is 2.12. The van der Waals surface area contributed by atoms with E-state index in [0.29, 0.717) is 0 Å². The minimum Gasteiger partial charge on any atom is -0.385 e. The Kier molecular flexibility index (Phi) is 4.51. The molecule has 1 aliphatic rings. The minimum atomic E-state index is 0.763. The van der Waals surface area contributed by atoms with E-state index in [1.807, 2.05) is 0 Å². The van der Waals surface area contributed by atoms with Crippen LogP contribution < -0.4 is 10.2 Å². The predicted octanol–water partition coefficient (Wildman–Crippen LogP) is 3.92. The summed E-state index contributed by atoms with van der Waals surface area (Å²) < 4.78 is 0. The average Bonchev–Trinajstić information content (AvgIpc) is 2.44. The summed E-state index contributed by atoms with van der Waals surface area (Å²) in [6, 6.07) is 6.90. The number of benzene rings is 1. The highest BCUT2D eigenvalue weighted by Crippen LogP contribution is 2.27. The van der Waals surface area contributed by atoms with Gasteiger partial charge in [-0.2, -0.15) is 0 Å². The van der Waals surface area contributed by atoms with E-state index in [-0.39, 0.29) is 0 Å². The van der Waals surface area contributed by atoms with Crippen molar-refractivity contribution in [3.8, 4) is 0 Å². The molecule has 0 aromatic heterocycles. The second-order valence-electron chi connectivity index (χ2n) is 5.42. The summed E-state index contributed by atoms with van der Waals surface area (Å²) in [5.74, 6) is 0.763. The SMILES string of the molecule is CCC(C)CN(CC)c1ccc2c(c1)CCCN2. The van der Waals surface area contributed by atoms with E-state index < -0.39 is 0 Å². The largest absolute Gasteiger partial charge is 0.385 e. The number of anilines is 2. The second kappa shape index (κ2) is 6.12. The first kappa shape index (κ1) is 13.3. The first-order chi connectivity index (χ1) is 8.74. The highest BCUT2D eigenvalue weighted by molar-refractivity contribution is 5.61. The molecule has 0 spiro atoms. The van der Waals surface area contributed by atoms with Gasteiger partial charge in [-0.25, -0.2) is 0 Å². The molecule has 1 aromatic carbocycles. The number of hydrogen-bond donors (Lipinski definition) is 1. The Morgan fingerprint density at radius 2 is 2.17 bits per heavy atom. The molecular weight excluding hydrogens is 220 g/mol. The van der Waals surface area contributed by atoms with Gasteiger partial charge in [0.05, 0.1) is 0 Å². The molecule has 0 fully saturated rings. The van der Waals surface area contributed by atoms with Crippen LogP contribution >= 0.6 is 0 Å². The van der Waals surface area contributed by atoms with E-state index in [1.54, 1.807) is 0 Å². The molecular formula is C16H26N2. The van der Waals surface area contributed by atoms with Crippen LogP contribution in [0.5, 0.6) is 0 Å². The Labute approximate surface area is 111 Å². The summed E-state index contributed by atoms with van der Waals surface area (Å²) in [4.78, 5) is 2.50. The molecule has 0 amide bonds. The molecule has 0 bridgehead atoms. The van der Waals surface area contributed by atoms with Crippen LogP contribution in [-0.4, -0.2) is 19.6 Å². The van der Waals surface area contributed by atoms with Gasteiger partial charge in [-0.15, -0.1) is 0 Å². The monoisotopic (exact) mass is 246 g/mol. The van der Waals surface area contributed by atoms with Gasteiger partial charge >= 0.3 is 0 Å². The molecule has 1 unspecified atom stereocenters. The maximum absolute atomic E-state index is 3.48. The lowest BCUT2D eigenvalue weighted by molar-refractivity contribution is 0.548. The lowest BCUT2D eigenvalue weighted by Crippen LogP contribution is -2.28. The molecule has 1 atom stereocenters. The topological polar surface area (TPSA) is 15.3 Å². The van der Waals surface area contributed by atoms with Crippen molar-refractivity contribution < 1.29 is 0 Å². The van der Waals surface area contributed by atoms with Gasteiger partial charge in [0.25, 0.3) is 0 Å². The molecule has 2 rings (SSSR count). The highest BCUT2D eigenvalue weighted by atomic mass is 15.1. The maximum atomic E-state index is 3.48. The quantitative estimate of drug-likeness (QED) is 0.847. The van der Waals surface area contributed by atoms with Crippen LogP contribution in [-0.2, 0) is 6.42 Å². The van der Waals surface area contributed by atoms with Gasteiger partial charge in [0.2, 0.25) is 0 Å². The van der Waals surface area contributed by atoms with Gasteiger partial charge in [0.1, 0.15) is 0 Å². The number of rotatable bonds is 5. The fourth-order valence-electron chi connectivity index (χ4n) is 2.58. The van der Waals surface area contributed by atoms with Gasteiger partial charge in [0, 0.05) is 31.0 Å². The molecule has 0 saturated heterocycles. The predicted molar refractivity (Wildman–Crippen MR) is 80.6 cm³/mol. The van der Waals surface area contributed by atoms with Crippen molar-refractivity contribution in [2.75, 3.05) is 29.9 Å². The molecule has 2 nitrogen and oxygen atoms in total. The fourth-order valence-corrected chi connectivity index (χ4v) is 2.58. The van der Waals surface area contributed by atoms with E-state index >= 15 is 0 Å². The molecule has 1 aliphatic heterocycles. The number of nitrogens with one attached hydrogen (secondary N) is 1. The van der Waals surface area contributed by atoms with E-state index in [4.69, 9.17) is 0 Å². The average molecular weight is 246 g/mol. The van der Waals surface area contributed by atoms with E-state index in [1.165, 1.54) is 42.7 Å². The zero-order chi connectivity index (χ0) is 13.0. The van der Waals surface area contributed by atoms with Crippen molar-refractivity contribution in [3.05, 3.63) is 23.8 Å². The van der Waals surface area contributed by atoms with Crippen LogP contribution in [0.25, 0.3) is 0 Å². The van der Waals surface area contributed by atoms with Gasteiger partial charge in [-0.1, -0.05) is 20.3 Å². The molecule has 0 radical (unpaired) electrons. The van der Waals surface area contributed by atoms with E-state index in [9.17, 15) is 0 Å². The molecule has 100 valence electrons. The first-order valence-electron chi connectivity index (χ1n) is 7.36. The molecule has 0 aliphatic carbocycles. The van der Waals surface area contributed by atoms with Gasteiger partial charge in [-0.05, 0) is 49.4 Å². The lowest BCUT2D eigenvalue weighted by atomic mass is 10.0. The number of fused-ring (bicyclic) bond motifs is 1. The standard InChI is InChI=1S/C16H26N2/c1-4-13(3)12-18(5-2)15-8-9-16-14(11-15)7-6-10-17-16/h8-9,11,13,17H,4-7,10,12H2,1-3H3. The van der Waals surface area contributed by atoms with Crippen molar-refractivity contribution >= 4 is 11.4 Å². The maximum Gasteiger partial charge on any atom is 0.0374 e. The summed E-state index contributed by atoms with van der Waals surface area (Å²) in [5.41, 5.74) is 4.21. The van der Waals surface area contributed by atoms with Crippen LogP contribution in [0.15, 0.2) is 18.2 Å². The summed E-state index contributed by atoms with van der Waals surface area (Å²) >= 11 is 0. The Bertz CT molecular complexity index is 387. The second-order valence-corrected chi connectivity index (χ2v) is 5.42. The van der Waals surface area contributed by atoms with Crippen LogP contribution in [0, 0.1) is 5.92 Å². The molecule has 1 aromatic rings. The number of aryl methyl sites for hydroxylation is 1. The van der Waals surface area contributed by atoms with Crippen LogP contribution in [0.1, 0.15) is 39.2 Å². The third kappa shape index (κ3) is 2.98. The zero-order valence-electron chi connectivity index (χ0n) is 12.0. The van der Waals surface area contributed by atoms with Crippen LogP contribution in [0.3, 0.4) is 0 Å². The van der Waals surface area contributed by atoms with Gasteiger partial charge < -0.3 is 10.2 Å². The Morgan fingerprint density at radius 3 is 2.89 bits per heavy atom. The minimum absolute atomic E-state index is 0.763. The Balaban J connectivity index is 2.15. The summed E-state index contributed by atoms with van der Waals surface area (Å²) in [5, 5.41) is 3.48. The third-order valence-electron chi connectivity index (χ3n) is 4.00. The molecule has 2 heteroatoms. The van der Waals surface area contributed by atoms with E-state index in [2.05, 4.69) is 49.2 Å². The fraction of sp³-hybridized carbons (Fsp3) is 0.625. The summed E-state index contributed by atoms with van der Waals surface area (Å²) in [6.45, 7) is 10.2. The molecule has 0 saturated carbocycles. The van der Waals surface area contributed by atoms with Crippen molar-refractivity contribution in [2.24, 2.45) is 5.92 Å². The lowest BCUT2D eigenvalue weighted by Gasteiger charge is -2.28. The normalized spacial score (nSPS) is 15.7. The van der Waals surface area contributed by atoms with Gasteiger partial charge in [0.15, 0.2) is 0 Å². The van der Waals surface area contributed by atoms with Crippen molar-refractivity contribution in [3.63, 3.8) is 0 Å². The van der Waals surface area contributed by atoms with Crippen molar-refractivity contribution in [1.29, 1.82) is 0 Å². The number of nitrogens with zero attached hydrogens (tertiary/aromatic N) is 1. The van der Waals surface area contributed by atoms with Crippen molar-refractivity contribution in [1.82, 2.24) is 0 Å². The summed E-state index contributed by atoms with van der Waals surface area (Å²) in [6.07, 6.45) is 3.73. The van der Waals surface area contributed by atoms with Crippen LogP contribution in [0.4, 0.5) is 11.4 Å².